The largest absolute Gasteiger partial charge is 0.351 e. The van der Waals surface area contributed by atoms with Crippen molar-refractivity contribution in [2.45, 2.75) is 44.8 Å². The molecule has 0 aromatic heterocycles. The summed E-state index contributed by atoms with van der Waals surface area (Å²) in [7, 11) is 0. The van der Waals surface area contributed by atoms with Crippen molar-refractivity contribution in [1.29, 1.82) is 0 Å². The zero-order valence-corrected chi connectivity index (χ0v) is 12.8. The number of fused-ring (bicyclic) bond motifs is 1. The molecule has 4 heteroatoms. The maximum atomic E-state index is 12.4. The minimum Gasteiger partial charge on any atom is -0.351 e. The molecule has 1 saturated heterocycles. The summed E-state index contributed by atoms with van der Waals surface area (Å²) in [6.45, 7) is 6.21. The molecule has 0 aliphatic carbocycles. The molecule has 2 unspecified atom stereocenters. The average molecular weight is 287 g/mol. The van der Waals surface area contributed by atoms with Crippen LogP contribution in [0.15, 0.2) is 24.3 Å². The molecule has 1 fully saturated rings. The first kappa shape index (κ1) is 14.5. The van der Waals surface area contributed by atoms with Crippen LogP contribution in [0.3, 0.4) is 0 Å². The third kappa shape index (κ3) is 3.63. The number of amides is 1. The second kappa shape index (κ2) is 6.58. The minimum absolute atomic E-state index is 0.0964. The molecule has 1 aromatic rings. The van der Waals surface area contributed by atoms with Crippen LogP contribution in [0, 0.1) is 0 Å². The quantitative estimate of drug-likeness (QED) is 0.877. The van der Waals surface area contributed by atoms with E-state index in [-0.39, 0.29) is 18.0 Å². The van der Waals surface area contributed by atoms with Crippen molar-refractivity contribution >= 4 is 5.91 Å². The second-order valence-corrected chi connectivity index (χ2v) is 6.32. The van der Waals surface area contributed by atoms with Gasteiger partial charge >= 0.3 is 0 Å². The van der Waals surface area contributed by atoms with Crippen molar-refractivity contribution in [3.8, 4) is 0 Å². The molecule has 0 saturated carbocycles. The summed E-state index contributed by atoms with van der Waals surface area (Å²) in [5.74, 6) is 0.135. The first-order valence-electron chi connectivity index (χ1n) is 8.05. The van der Waals surface area contributed by atoms with Gasteiger partial charge in [-0.15, -0.1) is 0 Å². The summed E-state index contributed by atoms with van der Waals surface area (Å²) in [6.07, 6.45) is 3.38. The van der Waals surface area contributed by atoms with Crippen molar-refractivity contribution in [2.75, 3.05) is 19.6 Å². The van der Waals surface area contributed by atoms with Gasteiger partial charge in [0.05, 0.1) is 6.04 Å². The molecule has 2 atom stereocenters. The van der Waals surface area contributed by atoms with E-state index < -0.39 is 0 Å². The lowest BCUT2D eigenvalue weighted by Crippen LogP contribution is -2.51. The molecule has 0 spiro atoms. The van der Waals surface area contributed by atoms with Gasteiger partial charge in [0, 0.05) is 19.1 Å². The van der Waals surface area contributed by atoms with Gasteiger partial charge in [-0.05, 0) is 50.4 Å². The van der Waals surface area contributed by atoms with Gasteiger partial charge < -0.3 is 15.5 Å². The third-order valence-corrected chi connectivity index (χ3v) is 4.52. The molecule has 2 N–H and O–H groups in total. The van der Waals surface area contributed by atoms with Crippen molar-refractivity contribution in [2.24, 2.45) is 0 Å². The number of hydrogen-bond acceptors (Lipinski definition) is 3. The number of likely N-dealkylation sites (tertiary alicyclic amines) is 1. The first-order chi connectivity index (χ1) is 10.2. The molecule has 1 amide bonds. The Labute approximate surface area is 126 Å². The zero-order valence-electron chi connectivity index (χ0n) is 12.8. The van der Waals surface area contributed by atoms with E-state index in [0.717, 1.165) is 19.5 Å². The van der Waals surface area contributed by atoms with E-state index in [1.165, 1.54) is 37.1 Å². The Morgan fingerprint density at radius 1 is 1.33 bits per heavy atom. The van der Waals surface area contributed by atoms with Gasteiger partial charge in [-0.25, -0.2) is 0 Å². The number of benzene rings is 1. The van der Waals surface area contributed by atoms with E-state index in [0.29, 0.717) is 0 Å². The lowest BCUT2D eigenvalue weighted by atomic mass is 9.95. The first-order valence-corrected chi connectivity index (χ1v) is 8.05. The van der Waals surface area contributed by atoms with Gasteiger partial charge in [0.2, 0.25) is 5.91 Å². The summed E-state index contributed by atoms with van der Waals surface area (Å²) in [4.78, 5) is 14.8. The van der Waals surface area contributed by atoms with E-state index >= 15 is 0 Å². The molecule has 0 radical (unpaired) electrons. The maximum absolute atomic E-state index is 12.4. The molecule has 3 rings (SSSR count). The number of hydrogen-bond donors (Lipinski definition) is 2. The molecule has 1 aromatic carbocycles. The van der Waals surface area contributed by atoms with Crippen molar-refractivity contribution in [3.63, 3.8) is 0 Å². The number of carbonyl (C=O) groups excluding carboxylic acids is 1. The van der Waals surface area contributed by atoms with Crippen molar-refractivity contribution < 1.29 is 4.79 Å². The van der Waals surface area contributed by atoms with Gasteiger partial charge in [-0.2, -0.15) is 0 Å². The number of rotatable bonds is 4. The van der Waals surface area contributed by atoms with Crippen LogP contribution in [0.5, 0.6) is 0 Å². The number of carbonyl (C=O) groups is 1. The van der Waals surface area contributed by atoms with Gasteiger partial charge in [0.15, 0.2) is 0 Å². The molecule has 114 valence electrons. The van der Waals surface area contributed by atoms with E-state index in [2.05, 4.69) is 46.7 Å². The Balaban J connectivity index is 1.51. The van der Waals surface area contributed by atoms with Gasteiger partial charge in [-0.3, -0.25) is 4.79 Å². The standard InChI is InChI=1S/C17H25N3O/c1-13(12-20-8-4-5-9-20)19-17(21)16-10-14-6-2-3-7-15(14)11-18-16/h2-3,6-7,13,16,18H,4-5,8-12H2,1H3,(H,19,21). The SMILES string of the molecule is CC(CN1CCCC1)NC(=O)C1Cc2ccccc2CN1. The van der Waals surface area contributed by atoms with Gasteiger partial charge in [0.25, 0.3) is 0 Å². The second-order valence-electron chi connectivity index (χ2n) is 6.32. The molecular weight excluding hydrogens is 262 g/mol. The number of nitrogens with one attached hydrogen (secondary N) is 2. The highest BCUT2D eigenvalue weighted by Gasteiger charge is 2.25. The lowest BCUT2D eigenvalue weighted by Gasteiger charge is -2.28. The van der Waals surface area contributed by atoms with Crippen LogP contribution in [0.25, 0.3) is 0 Å². The zero-order chi connectivity index (χ0) is 14.7. The van der Waals surface area contributed by atoms with Crippen LogP contribution in [0.2, 0.25) is 0 Å². The molecular formula is C17H25N3O. The number of nitrogens with zero attached hydrogens (tertiary/aromatic N) is 1. The summed E-state index contributed by atoms with van der Waals surface area (Å²) >= 11 is 0. The fourth-order valence-corrected chi connectivity index (χ4v) is 3.38. The Kier molecular flexibility index (Phi) is 4.56. The van der Waals surface area contributed by atoms with Crippen LogP contribution in [-0.2, 0) is 17.8 Å². The van der Waals surface area contributed by atoms with E-state index in [4.69, 9.17) is 0 Å². The lowest BCUT2D eigenvalue weighted by molar-refractivity contribution is -0.124. The van der Waals surface area contributed by atoms with E-state index in [9.17, 15) is 4.79 Å². The highest BCUT2D eigenvalue weighted by atomic mass is 16.2. The van der Waals surface area contributed by atoms with Crippen LogP contribution in [-0.4, -0.2) is 42.5 Å². The van der Waals surface area contributed by atoms with Crippen LogP contribution in [0.1, 0.15) is 30.9 Å². The minimum atomic E-state index is -0.0964. The predicted molar refractivity (Wildman–Crippen MR) is 84.1 cm³/mol. The topological polar surface area (TPSA) is 44.4 Å². The van der Waals surface area contributed by atoms with Gasteiger partial charge in [-0.1, -0.05) is 24.3 Å². The monoisotopic (exact) mass is 287 g/mol. The Hall–Kier alpha value is -1.39. The van der Waals surface area contributed by atoms with Crippen LogP contribution in [0.4, 0.5) is 0 Å². The summed E-state index contributed by atoms with van der Waals surface area (Å²) in [6, 6.07) is 8.49. The normalized spacial score (nSPS) is 23.6. The maximum Gasteiger partial charge on any atom is 0.237 e. The molecule has 21 heavy (non-hydrogen) atoms. The smallest absolute Gasteiger partial charge is 0.237 e. The highest BCUT2D eigenvalue weighted by Crippen LogP contribution is 2.16. The van der Waals surface area contributed by atoms with Crippen molar-refractivity contribution in [3.05, 3.63) is 35.4 Å². The Bertz CT molecular complexity index is 497. The molecule has 2 aliphatic rings. The average Bonchev–Trinajstić information content (AvgIpc) is 2.99. The highest BCUT2D eigenvalue weighted by molar-refractivity contribution is 5.82. The summed E-state index contributed by atoms with van der Waals surface area (Å²) in [5.41, 5.74) is 2.61. The summed E-state index contributed by atoms with van der Waals surface area (Å²) < 4.78 is 0. The fraction of sp³-hybridized carbons (Fsp3) is 0.588. The molecule has 4 nitrogen and oxygen atoms in total. The van der Waals surface area contributed by atoms with Crippen LogP contribution >= 0.6 is 0 Å². The molecule has 2 aliphatic heterocycles. The van der Waals surface area contributed by atoms with E-state index in [1.807, 2.05) is 0 Å². The molecule has 0 bridgehead atoms. The van der Waals surface area contributed by atoms with Crippen LogP contribution < -0.4 is 10.6 Å². The van der Waals surface area contributed by atoms with Gasteiger partial charge in [0.1, 0.15) is 0 Å². The molecule has 2 heterocycles. The van der Waals surface area contributed by atoms with E-state index in [1.54, 1.807) is 0 Å². The summed E-state index contributed by atoms with van der Waals surface area (Å²) in [5, 5.41) is 6.51. The fourth-order valence-electron chi connectivity index (χ4n) is 3.38. The predicted octanol–water partition coefficient (Wildman–Crippen LogP) is 1.30. The Morgan fingerprint density at radius 3 is 2.81 bits per heavy atom. The third-order valence-electron chi connectivity index (χ3n) is 4.52. The van der Waals surface area contributed by atoms with Crippen molar-refractivity contribution in [1.82, 2.24) is 15.5 Å². The Morgan fingerprint density at radius 2 is 2.05 bits per heavy atom.